The van der Waals surface area contributed by atoms with Crippen LogP contribution >= 0.6 is 12.4 Å². The van der Waals surface area contributed by atoms with E-state index in [0.29, 0.717) is 0 Å². The van der Waals surface area contributed by atoms with E-state index in [1.54, 1.807) is 0 Å². The molecule has 0 bridgehead atoms. The van der Waals surface area contributed by atoms with Crippen LogP contribution in [-0.4, -0.2) is 37.6 Å². The standard InChI is InChI=1S/C15H30N2.ClH/c1-13-5-7-14(8-6-13)12-17(2)15-4-3-10-16-11-9-15;/h13-16H,3-12H2,1-2H3;1H. The summed E-state index contributed by atoms with van der Waals surface area (Å²) >= 11 is 0. The third-order valence-corrected chi connectivity index (χ3v) is 4.85. The highest BCUT2D eigenvalue weighted by Gasteiger charge is 2.23. The lowest BCUT2D eigenvalue weighted by Crippen LogP contribution is -2.37. The van der Waals surface area contributed by atoms with E-state index < -0.39 is 0 Å². The van der Waals surface area contributed by atoms with E-state index in [-0.39, 0.29) is 12.4 Å². The molecule has 18 heavy (non-hydrogen) atoms. The molecule has 0 aromatic carbocycles. The van der Waals surface area contributed by atoms with Crippen LogP contribution < -0.4 is 5.32 Å². The second-order valence-corrected chi connectivity index (χ2v) is 6.40. The maximum Gasteiger partial charge on any atom is 0.0105 e. The van der Waals surface area contributed by atoms with Crippen molar-refractivity contribution in [1.82, 2.24) is 10.2 Å². The van der Waals surface area contributed by atoms with Crippen LogP contribution in [0.25, 0.3) is 0 Å². The average molecular weight is 275 g/mol. The second kappa shape index (κ2) is 8.39. The Morgan fingerprint density at radius 2 is 1.72 bits per heavy atom. The van der Waals surface area contributed by atoms with Crippen molar-refractivity contribution in [3.63, 3.8) is 0 Å². The molecule has 108 valence electrons. The molecule has 1 N–H and O–H groups in total. The molecule has 2 nitrogen and oxygen atoms in total. The molecule has 2 aliphatic rings. The zero-order valence-electron chi connectivity index (χ0n) is 12.2. The van der Waals surface area contributed by atoms with Crippen molar-refractivity contribution in [3.8, 4) is 0 Å². The predicted octanol–water partition coefficient (Wildman–Crippen LogP) is 3.31. The zero-order chi connectivity index (χ0) is 12.1. The smallest absolute Gasteiger partial charge is 0.0105 e. The van der Waals surface area contributed by atoms with E-state index in [0.717, 1.165) is 17.9 Å². The number of halogens is 1. The van der Waals surface area contributed by atoms with Crippen LogP contribution in [0.5, 0.6) is 0 Å². The Hall–Kier alpha value is 0.210. The van der Waals surface area contributed by atoms with Crippen LogP contribution in [0.15, 0.2) is 0 Å². The molecule has 1 aliphatic carbocycles. The molecule has 0 aromatic rings. The van der Waals surface area contributed by atoms with Crippen LogP contribution in [0.4, 0.5) is 0 Å². The summed E-state index contributed by atoms with van der Waals surface area (Å²) in [5.74, 6) is 1.96. The van der Waals surface area contributed by atoms with E-state index in [1.807, 2.05) is 0 Å². The first-order chi connectivity index (χ1) is 8.25. The lowest BCUT2D eigenvalue weighted by Gasteiger charge is -2.33. The van der Waals surface area contributed by atoms with Gasteiger partial charge in [-0.15, -0.1) is 12.4 Å². The van der Waals surface area contributed by atoms with Crippen molar-refractivity contribution in [2.24, 2.45) is 11.8 Å². The average Bonchev–Trinajstić information content (AvgIpc) is 2.61. The lowest BCUT2D eigenvalue weighted by molar-refractivity contribution is 0.160. The normalized spacial score (nSPS) is 33.8. The molecule has 1 atom stereocenters. The van der Waals surface area contributed by atoms with Gasteiger partial charge in [0.1, 0.15) is 0 Å². The summed E-state index contributed by atoms with van der Waals surface area (Å²) in [5, 5.41) is 3.51. The summed E-state index contributed by atoms with van der Waals surface area (Å²) in [4.78, 5) is 2.66. The van der Waals surface area contributed by atoms with Gasteiger partial charge in [-0.3, -0.25) is 0 Å². The summed E-state index contributed by atoms with van der Waals surface area (Å²) in [5.41, 5.74) is 0. The first-order valence-corrected chi connectivity index (χ1v) is 7.66. The number of hydrogen-bond acceptors (Lipinski definition) is 2. The van der Waals surface area contributed by atoms with Crippen molar-refractivity contribution >= 4 is 12.4 Å². The van der Waals surface area contributed by atoms with Crippen molar-refractivity contribution in [2.45, 2.75) is 57.9 Å². The first-order valence-electron chi connectivity index (χ1n) is 7.66. The van der Waals surface area contributed by atoms with Crippen LogP contribution in [0.1, 0.15) is 51.9 Å². The molecule has 2 fully saturated rings. The third-order valence-electron chi connectivity index (χ3n) is 4.85. The lowest BCUT2D eigenvalue weighted by atomic mass is 9.82. The topological polar surface area (TPSA) is 15.3 Å². The fourth-order valence-electron chi connectivity index (χ4n) is 3.51. The molecule has 2 rings (SSSR count). The Morgan fingerprint density at radius 3 is 2.44 bits per heavy atom. The molecule has 1 aliphatic heterocycles. The number of nitrogens with zero attached hydrogens (tertiary/aromatic N) is 1. The highest BCUT2D eigenvalue weighted by atomic mass is 35.5. The molecule has 0 aromatic heterocycles. The maximum atomic E-state index is 3.51. The van der Waals surface area contributed by atoms with E-state index in [2.05, 4.69) is 24.2 Å². The summed E-state index contributed by atoms with van der Waals surface area (Å²) < 4.78 is 0. The van der Waals surface area contributed by atoms with E-state index >= 15 is 0 Å². The molecule has 1 unspecified atom stereocenters. The molecule has 1 saturated heterocycles. The highest BCUT2D eigenvalue weighted by Crippen LogP contribution is 2.29. The van der Waals surface area contributed by atoms with Gasteiger partial charge in [-0.05, 0) is 64.1 Å². The number of hydrogen-bond donors (Lipinski definition) is 1. The van der Waals surface area contributed by atoms with Crippen molar-refractivity contribution < 1.29 is 0 Å². The van der Waals surface area contributed by atoms with Gasteiger partial charge in [-0.25, -0.2) is 0 Å². The second-order valence-electron chi connectivity index (χ2n) is 6.40. The molecule has 1 heterocycles. The summed E-state index contributed by atoms with van der Waals surface area (Å²) in [6, 6.07) is 0.837. The summed E-state index contributed by atoms with van der Waals surface area (Å²) in [6.45, 7) is 6.20. The van der Waals surface area contributed by atoms with Gasteiger partial charge in [0, 0.05) is 12.6 Å². The minimum atomic E-state index is 0. The van der Waals surface area contributed by atoms with Gasteiger partial charge in [0.15, 0.2) is 0 Å². The molecule has 3 heteroatoms. The molecule has 1 saturated carbocycles. The van der Waals surface area contributed by atoms with Crippen LogP contribution in [0.3, 0.4) is 0 Å². The SMILES string of the molecule is CC1CCC(CN(C)C2CCCNCC2)CC1.Cl. The van der Waals surface area contributed by atoms with Gasteiger partial charge in [-0.1, -0.05) is 19.8 Å². The zero-order valence-corrected chi connectivity index (χ0v) is 13.0. The van der Waals surface area contributed by atoms with Gasteiger partial charge >= 0.3 is 0 Å². The van der Waals surface area contributed by atoms with Crippen LogP contribution in [0, 0.1) is 11.8 Å². The Balaban J connectivity index is 0.00000162. The minimum Gasteiger partial charge on any atom is -0.317 e. The molecule has 0 spiro atoms. The highest BCUT2D eigenvalue weighted by molar-refractivity contribution is 5.85. The minimum absolute atomic E-state index is 0. The third kappa shape index (κ3) is 5.07. The van der Waals surface area contributed by atoms with Crippen LogP contribution in [-0.2, 0) is 0 Å². The van der Waals surface area contributed by atoms with Gasteiger partial charge in [0.25, 0.3) is 0 Å². The number of rotatable bonds is 3. The van der Waals surface area contributed by atoms with Crippen molar-refractivity contribution in [1.29, 1.82) is 0 Å². The quantitative estimate of drug-likeness (QED) is 0.849. The van der Waals surface area contributed by atoms with Gasteiger partial charge in [0.2, 0.25) is 0 Å². The van der Waals surface area contributed by atoms with E-state index in [9.17, 15) is 0 Å². The van der Waals surface area contributed by atoms with E-state index in [1.165, 1.54) is 64.6 Å². The van der Waals surface area contributed by atoms with E-state index in [4.69, 9.17) is 0 Å². The van der Waals surface area contributed by atoms with Gasteiger partial charge in [0.05, 0.1) is 0 Å². The Morgan fingerprint density at radius 1 is 1.00 bits per heavy atom. The molecule has 0 radical (unpaired) electrons. The van der Waals surface area contributed by atoms with Gasteiger partial charge in [-0.2, -0.15) is 0 Å². The Kier molecular flexibility index (Phi) is 7.59. The number of nitrogens with one attached hydrogen (secondary N) is 1. The fraction of sp³-hybridized carbons (Fsp3) is 1.00. The largest absolute Gasteiger partial charge is 0.317 e. The Bertz CT molecular complexity index is 207. The van der Waals surface area contributed by atoms with Crippen LogP contribution in [0.2, 0.25) is 0 Å². The predicted molar refractivity (Wildman–Crippen MR) is 81.5 cm³/mol. The summed E-state index contributed by atoms with van der Waals surface area (Å²) in [6.07, 6.45) is 9.96. The molecule has 0 amide bonds. The fourth-order valence-corrected chi connectivity index (χ4v) is 3.51. The maximum absolute atomic E-state index is 3.51. The monoisotopic (exact) mass is 274 g/mol. The van der Waals surface area contributed by atoms with Crippen molar-refractivity contribution in [3.05, 3.63) is 0 Å². The summed E-state index contributed by atoms with van der Waals surface area (Å²) in [7, 11) is 2.36. The first kappa shape index (κ1) is 16.3. The van der Waals surface area contributed by atoms with Crippen molar-refractivity contribution in [2.75, 3.05) is 26.7 Å². The molecular formula is C15H31ClN2. The molecular weight excluding hydrogens is 244 g/mol. The van der Waals surface area contributed by atoms with Gasteiger partial charge < -0.3 is 10.2 Å². The Labute approximate surface area is 119 Å².